The Kier molecular flexibility index (Phi) is 9.50. The van der Waals surface area contributed by atoms with Crippen LogP contribution in [0.1, 0.15) is 11.1 Å². The SMILES string of the molecule is C=CC=CC(C=Cc1ccccc1)=CC#N.C=Cc1ccccc1. The average molecular weight is 311 g/mol. The first-order chi connectivity index (χ1) is 11.8. The molecule has 0 aromatic heterocycles. The molecule has 0 radical (unpaired) electrons. The van der Waals surface area contributed by atoms with Crippen LogP contribution in [0.2, 0.25) is 0 Å². The van der Waals surface area contributed by atoms with Crippen LogP contribution in [0.25, 0.3) is 12.2 Å². The van der Waals surface area contributed by atoms with Crippen LogP contribution < -0.4 is 0 Å². The molecule has 1 nitrogen and oxygen atoms in total. The van der Waals surface area contributed by atoms with Gasteiger partial charge in [0.2, 0.25) is 0 Å². The first-order valence-corrected chi connectivity index (χ1v) is 7.59. The summed E-state index contributed by atoms with van der Waals surface area (Å²) in [5, 5.41) is 8.61. The van der Waals surface area contributed by atoms with Crippen molar-refractivity contribution in [3.8, 4) is 6.07 Å². The highest BCUT2D eigenvalue weighted by Gasteiger charge is 1.86. The molecular weight excluding hydrogens is 290 g/mol. The molecule has 0 bridgehead atoms. The minimum absolute atomic E-state index is 0.853. The molecule has 118 valence electrons. The molecule has 2 aromatic carbocycles. The standard InChI is InChI=1S/C15H13N.C8H8/c1-2-3-7-15(12-13-16)11-10-14-8-5-4-6-9-14;1-2-8-6-4-3-5-7-8/h2-12H,1H2;2-7H,1H2. The number of nitrogens with zero attached hydrogens (tertiary/aromatic N) is 1. The van der Waals surface area contributed by atoms with Crippen LogP contribution in [0.15, 0.2) is 110 Å². The molecule has 1 heteroatoms. The molecule has 0 aliphatic carbocycles. The molecule has 0 amide bonds. The monoisotopic (exact) mass is 311 g/mol. The van der Waals surface area contributed by atoms with E-state index in [9.17, 15) is 0 Å². The second kappa shape index (κ2) is 12.2. The van der Waals surface area contributed by atoms with Gasteiger partial charge in [0.15, 0.2) is 0 Å². The lowest BCUT2D eigenvalue weighted by Crippen LogP contribution is -1.72. The van der Waals surface area contributed by atoms with Gasteiger partial charge in [-0.1, -0.05) is 110 Å². The average Bonchev–Trinajstić information content (AvgIpc) is 2.66. The van der Waals surface area contributed by atoms with E-state index in [0.29, 0.717) is 0 Å². The van der Waals surface area contributed by atoms with Gasteiger partial charge in [-0.05, 0) is 16.7 Å². The van der Waals surface area contributed by atoms with Crippen molar-refractivity contribution in [1.29, 1.82) is 5.26 Å². The molecule has 0 atom stereocenters. The summed E-state index contributed by atoms with van der Waals surface area (Å²) in [4.78, 5) is 0. The Labute approximate surface area is 144 Å². The van der Waals surface area contributed by atoms with Gasteiger partial charge in [-0.2, -0.15) is 5.26 Å². The van der Waals surface area contributed by atoms with Crippen molar-refractivity contribution in [1.82, 2.24) is 0 Å². The van der Waals surface area contributed by atoms with E-state index in [1.54, 1.807) is 12.2 Å². The Morgan fingerprint density at radius 3 is 1.88 bits per heavy atom. The number of hydrogen-bond donors (Lipinski definition) is 0. The molecule has 2 rings (SSSR count). The molecule has 0 aliphatic rings. The Bertz CT molecular complexity index is 742. The second-order valence-electron chi connectivity index (χ2n) is 4.73. The van der Waals surface area contributed by atoms with E-state index in [1.807, 2.05) is 91.0 Å². The maximum atomic E-state index is 8.61. The van der Waals surface area contributed by atoms with E-state index >= 15 is 0 Å². The highest BCUT2D eigenvalue weighted by Crippen LogP contribution is 2.06. The van der Waals surface area contributed by atoms with Crippen molar-refractivity contribution in [2.24, 2.45) is 0 Å². The third kappa shape index (κ3) is 8.17. The summed E-state index contributed by atoms with van der Waals surface area (Å²) >= 11 is 0. The summed E-state index contributed by atoms with van der Waals surface area (Å²) in [5.74, 6) is 0. The lowest BCUT2D eigenvalue weighted by atomic mass is 10.1. The first-order valence-electron chi connectivity index (χ1n) is 7.59. The number of nitriles is 1. The summed E-state index contributed by atoms with van der Waals surface area (Å²) in [6.07, 6.45) is 12.5. The molecule has 0 saturated carbocycles. The van der Waals surface area contributed by atoms with Gasteiger partial charge in [0.05, 0.1) is 6.07 Å². The Morgan fingerprint density at radius 1 is 0.833 bits per heavy atom. The third-order valence-electron chi connectivity index (χ3n) is 2.96. The largest absolute Gasteiger partial charge is 0.193 e. The fourth-order valence-corrected chi connectivity index (χ4v) is 1.75. The number of allylic oxidation sites excluding steroid dienone is 6. The summed E-state index contributed by atoms with van der Waals surface area (Å²) in [7, 11) is 0. The Morgan fingerprint density at radius 2 is 1.42 bits per heavy atom. The predicted octanol–water partition coefficient (Wildman–Crippen LogP) is 6.22. The zero-order chi connectivity index (χ0) is 17.5. The summed E-state index contributed by atoms with van der Waals surface area (Å²) in [6, 6.07) is 22.0. The van der Waals surface area contributed by atoms with Crippen molar-refractivity contribution in [3.05, 3.63) is 121 Å². The van der Waals surface area contributed by atoms with Crippen LogP contribution in [0, 0.1) is 11.3 Å². The molecule has 24 heavy (non-hydrogen) atoms. The normalized spacial score (nSPS) is 10.7. The van der Waals surface area contributed by atoms with Crippen LogP contribution in [0.4, 0.5) is 0 Å². The molecule has 2 aromatic rings. The van der Waals surface area contributed by atoms with Gasteiger partial charge in [0, 0.05) is 6.08 Å². The van der Waals surface area contributed by atoms with Gasteiger partial charge in [0.25, 0.3) is 0 Å². The lowest BCUT2D eigenvalue weighted by molar-refractivity contribution is 1.52. The van der Waals surface area contributed by atoms with Gasteiger partial charge in [-0.15, -0.1) is 0 Å². The minimum atomic E-state index is 0.853. The van der Waals surface area contributed by atoms with E-state index < -0.39 is 0 Å². The Hall–Kier alpha value is -3.37. The highest BCUT2D eigenvalue weighted by molar-refractivity contribution is 5.55. The quantitative estimate of drug-likeness (QED) is 0.475. The zero-order valence-corrected chi connectivity index (χ0v) is 13.7. The zero-order valence-electron chi connectivity index (χ0n) is 13.7. The minimum Gasteiger partial charge on any atom is -0.193 e. The molecule has 0 spiro atoms. The van der Waals surface area contributed by atoms with Crippen LogP contribution in [-0.4, -0.2) is 0 Å². The van der Waals surface area contributed by atoms with E-state index in [4.69, 9.17) is 5.26 Å². The van der Waals surface area contributed by atoms with Crippen molar-refractivity contribution in [2.45, 2.75) is 0 Å². The molecule has 0 unspecified atom stereocenters. The van der Waals surface area contributed by atoms with Crippen molar-refractivity contribution < 1.29 is 0 Å². The fourth-order valence-electron chi connectivity index (χ4n) is 1.75. The molecule has 0 N–H and O–H groups in total. The third-order valence-corrected chi connectivity index (χ3v) is 2.96. The van der Waals surface area contributed by atoms with Crippen molar-refractivity contribution in [2.75, 3.05) is 0 Å². The molecule has 0 heterocycles. The van der Waals surface area contributed by atoms with Gasteiger partial charge in [-0.3, -0.25) is 0 Å². The summed E-state index contributed by atoms with van der Waals surface area (Å²) in [5.41, 5.74) is 3.14. The summed E-state index contributed by atoms with van der Waals surface area (Å²) in [6.45, 7) is 7.22. The lowest BCUT2D eigenvalue weighted by Gasteiger charge is -1.92. The number of hydrogen-bond acceptors (Lipinski definition) is 1. The fraction of sp³-hybridized carbons (Fsp3) is 0. The number of benzene rings is 2. The maximum absolute atomic E-state index is 8.61. The Balaban J connectivity index is 0.000000300. The van der Waals surface area contributed by atoms with Gasteiger partial charge >= 0.3 is 0 Å². The topological polar surface area (TPSA) is 23.8 Å². The van der Waals surface area contributed by atoms with Crippen LogP contribution >= 0.6 is 0 Å². The van der Waals surface area contributed by atoms with E-state index in [1.165, 1.54) is 11.6 Å². The van der Waals surface area contributed by atoms with Crippen LogP contribution in [0.3, 0.4) is 0 Å². The van der Waals surface area contributed by atoms with Crippen molar-refractivity contribution >= 4 is 12.2 Å². The molecule has 0 saturated heterocycles. The first kappa shape index (κ1) is 18.7. The smallest absolute Gasteiger partial charge is 0.0918 e. The second-order valence-corrected chi connectivity index (χ2v) is 4.73. The van der Waals surface area contributed by atoms with E-state index in [0.717, 1.165) is 11.1 Å². The molecular formula is C23H21N. The van der Waals surface area contributed by atoms with Gasteiger partial charge in [0.1, 0.15) is 0 Å². The van der Waals surface area contributed by atoms with Gasteiger partial charge < -0.3 is 0 Å². The summed E-state index contributed by atoms with van der Waals surface area (Å²) < 4.78 is 0. The van der Waals surface area contributed by atoms with Gasteiger partial charge in [-0.25, -0.2) is 0 Å². The molecule has 0 fully saturated rings. The number of rotatable bonds is 5. The van der Waals surface area contributed by atoms with Crippen LogP contribution in [0.5, 0.6) is 0 Å². The maximum Gasteiger partial charge on any atom is 0.0918 e. The predicted molar refractivity (Wildman–Crippen MR) is 105 cm³/mol. The van der Waals surface area contributed by atoms with E-state index in [2.05, 4.69) is 13.2 Å². The van der Waals surface area contributed by atoms with E-state index in [-0.39, 0.29) is 0 Å². The molecule has 0 aliphatic heterocycles. The van der Waals surface area contributed by atoms with Crippen molar-refractivity contribution in [3.63, 3.8) is 0 Å². The highest BCUT2D eigenvalue weighted by atomic mass is 14.2. The van der Waals surface area contributed by atoms with Crippen LogP contribution in [-0.2, 0) is 0 Å².